The molecule has 0 aromatic carbocycles. The molecule has 0 aliphatic rings. The average molecular weight is 237 g/mol. The molecule has 5 nitrogen and oxygen atoms in total. The minimum absolute atomic E-state index is 0.254. The maximum Gasteiger partial charge on any atom is 0.230 e. The van der Waals surface area contributed by atoms with Crippen LogP contribution in [-0.4, -0.2) is 25.5 Å². The molecule has 2 rings (SSSR count). The van der Waals surface area contributed by atoms with Gasteiger partial charge in [-0.15, -0.1) is 0 Å². The van der Waals surface area contributed by atoms with Gasteiger partial charge >= 0.3 is 0 Å². The Kier molecular flexibility index (Phi) is 2.70. The minimum atomic E-state index is -0.254. The van der Waals surface area contributed by atoms with E-state index in [1.807, 2.05) is 0 Å². The molecule has 0 atom stereocenters. The summed E-state index contributed by atoms with van der Waals surface area (Å²) >= 11 is 5.88. The molecule has 0 fully saturated rings. The zero-order valence-electron chi connectivity index (χ0n) is 8.81. The average Bonchev–Trinajstić information content (AvgIpc) is 2.58. The number of hydrogen-bond acceptors (Lipinski definition) is 4. The second-order valence-corrected chi connectivity index (χ2v) is 3.69. The Morgan fingerprint density at radius 1 is 1.50 bits per heavy atom. The summed E-state index contributed by atoms with van der Waals surface area (Å²) in [5.74, 6) is 0.291. The van der Waals surface area contributed by atoms with Gasteiger partial charge in [-0.2, -0.15) is 5.10 Å². The Bertz CT molecular complexity index is 530. The van der Waals surface area contributed by atoms with E-state index >= 15 is 0 Å². The first kappa shape index (κ1) is 10.8. The Labute approximate surface area is 97.1 Å². The largest absolute Gasteiger partial charge is 0.285 e. The molecular formula is C10H9ClN4O. The number of halogens is 1. The summed E-state index contributed by atoms with van der Waals surface area (Å²) in [5, 5.41) is 4.23. The molecule has 16 heavy (non-hydrogen) atoms. The first-order valence-corrected chi connectivity index (χ1v) is 4.99. The molecule has 0 aliphatic heterocycles. The van der Waals surface area contributed by atoms with Gasteiger partial charge in [0, 0.05) is 13.2 Å². The highest BCUT2D eigenvalue weighted by Crippen LogP contribution is 2.17. The van der Waals surface area contributed by atoms with Crippen molar-refractivity contribution in [2.75, 3.05) is 0 Å². The van der Waals surface area contributed by atoms with E-state index in [0.717, 1.165) is 0 Å². The third kappa shape index (κ3) is 1.81. The smallest absolute Gasteiger partial charge is 0.230 e. The normalized spacial score (nSPS) is 10.4. The van der Waals surface area contributed by atoms with E-state index in [4.69, 9.17) is 11.6 Å². The fourth-order valence-corrected chi connectivity index (χ4v) is 1.62. The highest BCUT2D eigenvalue weighted by molar-refractivity contribution is 6.34. The van der Waals surface area contributed by atoms with Crippen LogP contribution in [0.4, 0.5) is 0 Å². The second-order valence-electron chi connectivity index (χ2n) is 3.28. The SMILES string of the molecule is Cc1nccc(C(=O)c2c(Cl)cnn2C)n1. The van der Waals surface area contributed by atoms with Crippen molar-refractivity contribution < 1.29 is 4.79 Å². The summed E-state index contributed by atoms with van der Waals surface area (Å²) in [5.41, 5.74) is 0.651. The number of aromatic nitrogens is 4. The summed E-state index contributed by atoms with van der Waals surface area (Å²) in [6.07, 6.45) is 2.97. The first-order chi connectivity index (χ1) is 7.59. The van der Waals surface area contributed by atoms with Gasteiger partial charge in [0.2, 0.25) is 5.78 Å². The molecule has 0 bridgehead atoms. The lowest BCUT2D eigenvalue weighted by molar-refractivity contribution is 0.102. The predicted octanol–water partition coefficient (Wildman–Crippen LogP) is 1.40. The summed E-state index contributed by atoms with van der Waals surface area (Å²) in [4.78, 5) is 20.0. The van der Waals surface area contributed by atoms with Crippen LogP contribution in [0.3, 0.4) is 0 Å². The predicted molar refractivity (Wildman–Crippen MR) is 58.4 cm³/mol. The quantitative estimate of drug-likeness (QED) is 0.740. The lowest BCUT2D eigenvalue weighted by Gasteiger charge is -2.01. The van der Waals surface area contributed by atoms with Crippen molar-refractivity contribution in [1.29, 1.82) is 0 Å². The molecule has 6 heteroatoms. The van der Waals surface area contributed by atoms with Gasteiger partial charge in [-0.3, -0.25) is 9.48 Å². The van der Waals surface area contributed by atoms with Gasteiger partial charge in [0.1, 0.15) is 17.2 Å². The molecule has 0 saturated heterocycles. The van der Waals surface area contributed by atoms with Crippen LogP contribution in [0.5, 0.6) is 0 Å². The summed E-state index contributed by atoms with van der Waals surface area (Å²) in [6, 6.07) is 1.55. The van der Waals surface area contributed by atoms with Crippen LogP contribution in [0.15, 0.2) is 18.5 Å². The van der Waals surface area contributed by atoms with Gasteiger partial charge in [-0.05, 0) is 13.0 Å². The minimum Gasteiger partial charge on any atom is -0.285 e. The first-order valence-electron chi connectivity index (χ1n) is 4.61. The number of ketones is 1. The van der Waals surface area contributed by atoms with Crippen molar-refractivity contribution in [3.63, 3.8) is 0 Å². The van der Waals surface area contributed by atoms with Crippen molar-refractivity contribution in [2.45, 2.75) is 6.92 Å². The van der Waals surface area contributed by atoms with E-state index in [2.05, 4.69) is 15.1 Å². The van der Waals surface area contributed by atoms with E-state index < -0.39 is 0 Å². The molecule has 0 saturated carbocycles. The maximum atomic E-state index is 12.1. The van der Waals surface area contributed by atoms with Gasteiger partial charge in [0.05, 0.1) is 11.2 Å². The van der Waals surface area contributed by atoms with Crippen LogP contribution in [0.1, 0.15) is 22.0 Å². The third-order valence-electron chi connectivity index (χ3n) is 2.12. The fourth-order valence-electron chi connectivity index (χ4n) is 1.37. The lowest BCUT2D eigenvalue weighted by atomic mass is 10.2. The van der Waals surface area contributed by atoms with Crippen LogP contribution in [0, 0.1) is 6.92 Å². The highest BCUT2D eigenvalue weighted by atomic mass is 35.5. The van der Waals surface area contributed by atoms with Gasteiger partial charge in [0.15, 0.2) is 0 Å². The number of hydrogen-bond donors (Lipinski definition) is 0. The Hall–Kier alpha value is -1.75. The zero-order chi connectivity index (χ0) is 11.7. The second kappa shape index (κ2) is 4.02. The van der Waals surface area contributed by atoms with Crippen LogP contribution in [-0.2, 0) is 7.05 Å². The molecule has 2 aromatic heterocycles. The molecular weight excluding hydrogens is 228 g/mol. The van der Waals surface area contributed by atoms with E-state index in [1.165, 1.54) is 10.9 Å². The molecule has 0 unspecified atom stereocenters. The number of aryl methyl sites for hydroxylation is 2. The van der Waals surface area contributed by atoms with Crippen molar-refractivity contribution in [3.8, 4) is 0 Å². The van der Waals surface area contributed by atoms with Crippen LogP contribution in [0.2, 0.25) is 5.02 Å². The van der Waals surface area contributed by atoms with E-state index in [1.54, 1.807) is 26.2 Å². The number of rotatable bonds is 2. The van der Waals surface area contributed by atoms with Crippen molar-refractivity contribution in [3.05, 3.63) is 40.7 Å². The third-order valence-corrected chi connectivity index (χ3v) is 2.39. The monoisotopic (exact) mass is 236 g/mol. The molecule has 82 valence electrons. The summed E-state index contributed by atoms with van der Waals surface area (Å²) in [6.45, 7) is 1.72. The Morgan fingerprint density at radius 2 is 2.25 bits per heavy atom. The molecule has 0 aliphatic carbocycles. The number of carbonyl (C=O) groups excluding carboxylic acids is 1. The van der Waals surface area contributed by atoms with Crippen LogP contribution < -0.4 is 0 Å². The topological polar surface area (TPSA) is 60.7 Å². The summed E-state index contributed by atoms with van der Waals surface area (Å²) < 4.78 is 1.43. The molecule has 2 aromatic rings. The van der Waals surface area contributed by atoms with E-state index in [-0.39, 0.29) is 5.78 Å². The van der Waals surface area contributed by atoms with Gasteiger partial charge in [-0.1, -0.05) is 11.6 Å². The van der Waals surface area contributed by atoms with Gasteiger partial charge < -0.3 is 0 Å². The van der Waals surface area contributed by atoms with E-state index in [0.29, 0.717) is 22.2 Å². The van der Waals surface area contributed by atoms with Crippen molar-refractivity contribution in [1.82, 2.24) is 19.7 Å². The van der Waals surface area contributed by atoms with Crippen molar-refractivity contribution >= 4 is 17.4 Å². The van der Waals surface area contributed by atoms with Gasteiger partial charge in [-0.25, -0.2) is 9.97 Å². The van der Waals surface area contributed by atoms with Crippen molar-refractivity contribution in [2.24, 2.45) is 7.05 Å². The fraction of sp³-hybridized carbons (Fsp3) is 0.200. The molecule has 2 heterocycles. The lowest BCUT2D eigenvalue weighted by Crippen LogP contribution is -2.11. The number of carbonyl (C=O) groups is 1. The number of nitrogens with zero attached hydrogens (tertiary/aromatic N) is 4. The molecule has 0 radical (unpaired) electrons. The Balaban J connectivity index is 2.47. The van der Waals surface area contributed by atoms with Crippen LogP contribution >= 0.6 is 11.6 Å². The standard InChI is InChI=1S/C10H9ClN4O/c1-6-12-4-3-8(14-6)10(16)9-7(11)5-13-15(9)2/h3-5H,1-2H3. The van der Waals surface area contributed by atoms with Gasteiger partial charge in [0.25, 0.3) is 0 Å². The molecule has 0 spiro atoms. The maximum absolute atomic E-state index is 12.1. The zero-order valence-corrected chi connectivity index (χ0v) is 9.56. The summed E-state index contributed by atoms with van der Waals surface area (Å²) in [7, 11) is 1.66. The van der Waals surface area contributed by atoms with Crippen LogP contribution in [0.25, 0.3) is 0 Å². The molecule has 0 N–H and O–H groups in total. The highest BCUT2D eigenvalue weighted by Gasteiger charge is 2.18. The van der Waals surface area contributed by atoms with E-state index in [9.17, 15) is 4.79 Å². The Morgan fingerprint density at radius 3 is 2.81 bits per heavy atom. The molecule has 0 amide bonds.